The van der Waals surface area contributed by atoms with Crippen molar-refractivity contribution in [3.05, 3.63) is 83.4 Å². The minimum atomic E-state index is -3.93. The van der Waals surface area contributed by atoms with Gasteiger partial charge < -0.3 is 10.1 Å². The molecule has 1 aliphatic heterocycles. The molecule has 0 saturated heterocycles. The fraction of sp³-hybridized carbons (Fsp3) is 0.200. The Kier molecular flexibility index (Phi) is 5.95. The molecule has 0 radical (unpaired) electrons. The molecule has 0 unspecified atom stereocenters. The average molecular weight is 465 g/mol. The van der Waals surface area contributed by atoms with E-state index in [-0.39, 0.29) is 17.2 Å². The van der Waals surface area contributed by atoms with E-state index in [4.69, 9.17) is 4.74 Å². The predicted octanol–water partition coefficient (Wildman–Crippen LogP) is 4.10. The van der Waals surface area contributed by atoms with Gasteiger partial charge in [-0.25, -0.2) is 8.42 Å². The first-order valence-electron chi connectivity index (χ1n) is 10.4. The van der Waals surface area contributed by atoms with Crippen molar-refractivity contribution in [2.75, 3.05) is 16.2 Å². The van der Waals surface area contributed by atoms with Gasteiger partial charge in [0.15, 0.2) is 11.9 Å². The van der Waals surface area contributed by atoms with E-state index in [0.717, 1.165) is 11.1 Å². The van der Waals surface area contributed by atoms with Gasteiger partial charge in [0, 0.05) is 11.3 Å². The highest BCUT2D eigenvalue weighted by Crippen LogP contribution is 2.38. The second kappa shape index (κ2) is 8.71. The maximum absolute atomic E-state index is 13.5. The van der Waals surface area contributed by atoms with E-state index in [9.17, 15) is 18.0 Å². The fourth-order valence-corrected chi connectivity index (χ4v) is 5.08. The summed E-state index contributed by atoms with van der Waals surface area (Å²) in [5.74, 6) is -0.318. The topological polar surface area (TPSA) is 92.8 Å². The van der Waals surface area contributed by atoms with Crippen molar-refractivity contribution in [2.24, 2.45) is 0 Å². The molecule has 0 aliphatic carbocycles. The Morgan fingerprint density at radius 1 is 0.970 bits per heavy atom. The van der Waals surface area contributed by atoms with Crippen LogP contribution in [0, 0.1) is 13.8 Å². The number of hydrogen-bond acceptors (Lipinski definition) is 5. The van der Waals surface area contributed by atoms with Crippen LogP contribution in [0.2, 0.25) is 0 Å². The van der Waals surface area contributed by atoms with Gasteiger partial charge in [0.25, 0.3) is 15.9 Å². The molecule has 3 aromatic rings. The number of fused-ring (bicyclic) bond motifs is 1. The molecule has 1 N–H and O–H groups in total. The van der Waals surface area contributed by atoms with Crippen LogP contribution in [0.3, 0.4) is 0 Å². The molecule has 1 atom stereocenters. The molecule has 0 aromatic heterocycles. The number of Topliss-reactive ketones (excluding diaryl/α,β-unsaturated/α-hetero) is 1. The number of nitrogens with one attached hydrogen (secondary N) is 1. The summed E-state index contributed by atoms with van der Waals surface area (Å²) in [5, 5.41) is 2.73. The van der Waals surface area contributed by atoms with Crippen LogP contribution in [-0.4, -0.2) is 32.8 Å². The summed E-state index contributed by atoms with van der Waals surface area (Å²) in [5.41, 5.74) is 3.08. The van der Waals surface area contributed by atoms with Gasteiger partial charge in [0.05, 0.1) is 17.1 Å². The first-order valence-corrected chi connectivity index (χ1v) is 11.9. The fourth-order valence-electron chi connectivity index (χ4n) is 3.60. The van der Waals surface area contributed by atoms with Gasteiger partial charge in [-0.15, -0.1) is 0 Å². The number of ether oxygens (including phenoxy) is 1. The summed E-state index contributed by atoms with van der Waals surface area (Å²) in [6.45, 7) is 4.99. The maximum atomic E-state index is 13.5. The second-order valence-electron chi connectivity index (χ2n) is 8.05. The van der Waals surface area contributed by atoms with Crippen LogP contribution in [0.25, 0.3) is 0 Å². The molecule has 0 spiro atoms. The number of carbonyl (C=O) groups excluding carboxylic acids is 2. The third-order valence-corrected chi connectivity index (χ3v) is 7.22. The maximum Gasteiger partial charge on any atom is 0.267 e. The van der Waals surface area contributed by atoms with Gasteiger partial charge in [0.2, 0.25) is 0 Å². The zero-order valence-electron chi connectivity index (χ0n) is 18.5. The number of carbonyl (C=O) groups is 2. The summed E-state index contributed by atoms with van der Waals surface area (Å²) >= 11 is 0. The minimum Gasteiger partial charge on any atom is -0.476 e. The van der Waals surface area contributed by atoms with Crippen molar-refractivity contribution >= 4 is 33.1 Å². The molecule has 4 rings (SSSR count). The lowest BCUT2D eigenvalue weighted by Gasteiger charge is -2.35. The van der Waals surface area contributed by atoms with E-state index in [1.165, 1.54) is 11.2 Å². The number of rotatable bonds is 5. The van der Waals surface area contributed by atoms with Gasteiger partial charge in [-0.1, -0.05) is 35.9 Å². The number of benzene rings is 3. The lowest BCUT2D eigenvalue weighted by molar-refractivity contribution is -0.122. The number of aryl methyl sites for hydroxylation is 2. The van der Waals surface area contributed by atoms with Crippen LogP contribution in [0.4, 0.5) is 11.4 Å². The van der Waals surface area contributed by atoms with Crippen molar-refractivity contribution in [1.82, 2.24) is 0 Å². The highest BCUT2D eigenvalue weighted by atomic mass is 32.2. The molecule has 7 nitrogen and oxygen atoms in total. The van der Waals surface area contributed by atoms with E-state index >= 15 is 0 Å². The molecule has 33 heavy (non-hydrogen) atoms. The van der Waals surface area contributed by atoms with E-state index in [1.807, 2.05) is 13.8 Å². The number of anilines is 2. The molecule has 170 valence electrons. The van der Waals surface area contributed by atoms with E-state index in [1.54, 1.807) is 66.7 Å². The Morgan fingerprint density at radius 3 is 2.36 bits per heavy atom. The van der Waals surface area contributed by atoms with Crippen molar-refractivity contribution in [2.45, 2.75) is 31.8 Å². The Labute approximate surface area is 193 Å². The van der Waals surface area contributed by atoms with Crippen LogP contribution in [-0.2, 0) is 14.8 Å². The second-order valence-corrected chi connectivity index (χ2v) is 9.92. The predicted molar refractivity (Wildman–Crippen MR) is 126 cm³/mol. The van der Waals surface area contributed by atoms with Crippen molar-refractivity contribution in [1.29, 1.82) is 0 Å². The average Bonchev–Trinajstić information content (AvgIpc) is 2.78. The Balaban J connectivity index is 1.68. The zero-order valence-corrected chi connectivity index (χ0v) is 19.3. The van der Waals surface area contributed by atoms with E-state index in [2.05, 4.69) is 5.32 Å². The lowest BCUT2D eigenvalue weighted by atomic mass is 10.1. The SMILES string of the molecule is CC(=O)c1cccc(NC(=O)[C@H]2CN(S(=O)(=O)c3ccc(C)cc3)c3ccc(C)cc3O2)c1. The molecular formula is C25H24N2O5S. The van der Waals surface area contributed by atoms with Crippen LogP contribution in [0.15, 0.2) is 71.6 Å². The zero-order chi connectivity index (χ0) is 23.8. The standard InChI is InChI=1S/C25H24N2O5S/c1-16-7-10-21(11-8-16)33(30,31)27-15-24(32-23-13-17(2)9-12-22(23)27)25(29)26-20-6-4-5-19(14-20)18(3)28/h4-14,24H,15H2,1-3H3,(H,26,29)/t24-/m1/s1. The number of ketones is 1. The third-order valence-electron chi connectivity index (χ3n) is 5.42. The van der Waals surface area contributed by atoms with Crippen molar-refractivity contribution in [3.8, 4) is 5.75 Å². The van der Waals surface area contributed by atoms with Gasteiger partial charge >= 0.3 is 0 Å². The van der Waals surface area contributed by atoms with Crippen LogP contribution < -0.4 is 14.4 Å². The Hall–Kier alpha value is -3.65. The molecule has 0 bridgehead atoms. The highest BCUT2D eigenvalue weighted by Gasteiger charge is 2.37. The third kappa shape index (κ3) is 4.61. The van der Waals surface area contributed by atoms with Crippen LogP contribution >= 0.6 is 0 Å². The van der Waals surface area contributed by atoms with E-state index in [0.29, 0.717) is 22.7 Å². The summed E-state index contributed by atoms with van der Waals surface area (Å²) in [6.07, 6.45) is -1.08. The molecule has 1 aliphatic rings. The van der Waals surface area contributed by atoms with Crippen molar-refractivity contribution < 1.29 is 22.7 Å². The Morgan fingerprint density at radius 2 is 1.67 bits per heavy atom. The molecule has 3 aromatic carbocycles. The van der Waals surface area contributed by atoms with Gasteiger partial charge in [0.1, 0.15) is 5.75 Å². The summed E-state index contributed by atoms with van der Waals surface area (Å²) < 4.78 is 34.1. The first-order chi connectivity index (χ1) is 15.6. The largest absolute Gasteiger partial charge is 0.476 e. The van der Waals surface area contributed by atoms with Crippen molar-refractivity contribution in [3.63, 3.8) is 0 Å². The smallest absolute Gasteiger partial charge is 0.267 e. The monoisotopic (exact) mass is 464 g/mol. The first kappa shape index (κ1) is 22.5. The van der Waals surface area contributed by atoms with Gasteiger partial charge in [-0.05, 0) is 62.7 Å². The minimum absolute atomic E-state index is 0.125. The molecule has 8 heteroatoms. The highest BCUT2D eigenvalue weighted by molar-refractivity contribution is 7.92. The molecular weight excluding hydrogens is 440 g/mol. The van der Waals surface area contributed by atoms with Gasteiger partial charge in [-0.2, -0.15) is 0 Å². The number of amides is 1. The number of sulfonamides is 1. The van der Waals surface area contributed by atoms with Crippen LogP contribution in [0.1, 0.15) is 28.4 Å². The van der Waals surface area contributed by atoms with E-state index < -0.39 is 22.0 Å². The van der Waals surface area contributed by atoms with Gasteiger partial charge in [-0.3, -0.25) is 13.9 Å². The molecule has 0 fully saturated rings. The normalized spacial score (nSPS) is 15.4. The Bertz CT molecular complexity index is 1330. The molecule has 1 amide bonds. The molecule has 0 saturated carbocycles. The summed E-state index contributed by atoms with van der Waals surface area (Å²) in [4.78, 5) is 24.8. The summed E-state index contributed by atoms with van der Waals surface area (Å²) in [7, 11) is -3.93. The molecule has 1 heterocycles. The number of hydrogen-bond donors (Lipinski definition) is 1. The lowest BCUT2D eigenvalue weighted by Crippen LogP contribution is -2.48. The number of nitrogens with zero attached hydrogens (tertiary/aromatic N) is 1. The van der Waals surface area contributed by atoms with Crippen LogP contribution in [0.5, 0.6) is 5.75 Å². The quantitative estimate of drug-likeness (QED) is 0.574. The summed E-state index contributed by atoms with van der Waals surface area (Å²) in [6, 6.07) is 18.3.